The number of rotatable bonds is 2. The van der Waals surface area contributed by atoms with E-state index < -0.39 is 0 Å². The van der Waals surface area contributed by atoms with Crippen LogP contribution in [-0.2, 0) is 6.42 Å². The van der Waals surface area contributed by atoms with Crippen LogP contribution < -0.4 is 10.2 Å². The third-order valence-corrected chi connectivity index (χ3v) is 3.93. The molecule has 1 aromatic rings. The summed E-state index contributed by atoms with van der Waals surface area (Å²) in [6.07, 6.45) is 1.11. The minimum Gasteiger partial charge on any atom is -0.365 e. The van der Waals surface area contributed by atoms with Gasteiger partial charge in [-0.3, -0.25) is 0 Å². The van der Waals surface area contributed by atoms with Crippen molar-refractivity contribution in [1.29, 1.82) is 0 Å². The maximum Gasteiger partial charge on any atom is 0.0470 e. The van der Waals surface area contributed by atoms with Crippen LogP contribution in [0.4, 0.5) is 5.69 Å². The Labute approximate surface area is 111 Å². The molecule has 1 N–H and O–H groups in total. The van der Waals surface area contributed by atoms with Crippen LogP contribution in [0.5, 0.6) is 0 Å². The quantitative estimate of drug-likeness (QED) is 0.862. The Kier molecular flexibility index (Phi) is 3.96. The molecule has 2 rings (SSSR count). The third kappa shape index (κ3) is 2.86. The molecule has 1 heterocycles. The Bertz CT molecular complexity index is 381. The summed E-state index contributed by atoms with van der Waals surface area (Å²) in [5, 5.41) is 3.57. The molecular weight excluding hydrogens is 220 g/mol. The predicted molar refractivity (Wildman–Crippen MR) is 79.3 cm³/mol. The molecule has 0 bridgehead atoms. The van der Waals surface area contributed by atoms with Crippen molar-refractivity contribution in [2.24, 2.45) is 5.92 Å². The molecule has 18 heavy (non-hydrogen) atoms. The molecule has 0 spiro atoms. The van der Waals surface area contributed by atoms with E-state index in [2.05, 4.69) is 62.2 Å². The average Bonchev–Trinajstić information content (AvgIpc) is 2.48. The Morgan fingerprint density at radius 2 is 1.94 bits per heavy atom. The fourth-order valence-electron chi connectivity index (χ4n) is 2.71. The highest BCUT2D eigenvalue weighted by Crippen LogP contribution is 2.27. The van der Waals surface area contributed by atoms with E-state index in [4.69, 9.17) is 0 Å². The molecule has 1 saturated heterocycles. The smallest absolute Gasteiger partial charge is 0.0470 e. The molecule has 0 radical (unpaired) electrons. The normalized spacial score (nSPS) is 23.8. The van der Waals surface area contributed by atoms with Gasteiger partial charge in [-0.25, -0.2) is 0 Å². The van der Waals surface area contributed by atoms with Crippen molar-refractivity contribution in [3.05, 3.63) is 29.8 Å². The van der Waals surface area contributed by atoms with E-state index in [1.165, 1.54) is 11.3 Å². The molecule has 100 valence electrons. The van der Waals surface area contributed by atoms with Crippen LogP contribution in [0, 0.1) is 5.92 Å². The summed E-state index contributed by atoms with van der Waals surface area (Å²) in [6, 6.07) is 9.07. The van der Waals surface area contributed by atoms with E-state index in [1.807, 2.05) is 0 Å². The predicted octanol–water partition coefficient (Wildman–Crippen LogP) is 3.07. The molecule has 0 aromatic heterocycles. The molecule has 2 nitrogen and oxygen atoms in total. The minimum atomic E-state index is 0.179. The van der Waals surface area contributed by atoms with E-state index in [9.17, 15) is 0 Å². The largest absolute Gasteiger partial charge is 0.365 e. The zero-order valence-corrected chi connectivity index (χ0v) is 12.2. The van der Waals surface area contributed by atoms with Gasteiger partial charge in [0.25, 0.3) is 0 Å². The fraction of sp³-hybridized carbons (Fsp3) is 0.625. The lowest BCUT2D eigenvalue weighted by Gasteiger charge is -2.39. The van der Waals surface area contributed by atoms with Crippen molar-refractivity contribution in [1.82, 2.24) is 5.32 Å². The Morgan fingerprint density at radius 3 is 2.56 bits per heavy atom. The highest BCUT2D eigenvalue weighted by molar-refractivity contribution is 5.50. The van der Waals surface area contributed by atoms with Gasteiger partial charge < -0.3 is 10.2 Å². The average molecular weight is 246 g/mol. The minimum absolute atomic E-state index is 0.179. The third-order valence-electron chi connectivity index (χ3n) is 3.93. The molecule has 1 aliphatic rings. The van der Waals surface area contributed by atoms with Gasteiger partial charge in [-0.1, -0.05) is 26.0 Å². The second kappa shape index (κ2) is 5.31. The summed E-state index contributed by atoms with van der Waals surface area (Å²) in [6.45, 7) is 12.5. The highest BCUT2D eigenvalue weighted by atomic mass is 15.2. The van der Waals surface area contributed by atoms with Crippen LogP contribution in [0.2, 0.25) is 0 Å². The molecular formula is C16H26N2. The molecule has 0 amide bonds. The van der Waals surface area contributed by atoms with Crippen molar-refractivity contribution in [2.45, 2.75) is 39.7 Å². The van der Waals surface area contributed by atoms with Crippen molar-refractivity contribution in [3.63, 3.8) is 0 Å². The van der Waals surface area contributed by atoms with E-state index in [0.717, 1.165) is 26.1 Å². The maximum atomic E-state index is 3.57. The number of nitrogens with one attached hydrogen (secondary N) is 1. The van der Waals surface area contributed by atoms with Crippen LogP contribution in [0.15, 0.2) is 24.3 Å². The lowest BCUT2D eigenvalue weighted by molar-refractivity contribution is 0.460. The summed E-state index contributed by atoms with van der Waals surface area (Å²) < 4.78 is 0. The van der Waals surface area contributed by atoms with Crippen molar-refractivity contribution in [2.75, 3.05) is 24.5 Å². The molecule has 0 saturated carbocycles. The van der Waals surface area contributed by atoms with Crippen LogP contribution in [0.25, 0.3) is 0 Å². The number of aryl methyl sites for hydroxylation is 1. The van der Waals surface area contributed by atoms with Crippen LogP contribution in [0.1, 0.15) is 33.3 Å². The SMILES string of the molecule is CCc1ccc(N2CC(C)CNCC2(C)C)cc1. The van der Waals surface area contributed by atoms with E-state index in [-0.39, 0.29) is 5.54 Å². The first-order chi connectivity index (χ1) is 8.53. The Hall–Kier alpha value is -1.02. The van der Waals surface area contributed by atoms with Crippen LogP contribution >= 0.6 is 0 Å². The standard InChI is InChI=1S/C16H26N2/c1-5-14-6-8-15(9-7-14)18-11-13(2)10-17-12-16(18,3)4/h6-9,13,17H,5,10-12H2,1-4H3. The van der Waals surface area contributed by atoms with Gasteiger partial charge in [0, 0.05) is 24.3 Å². The van der Waals surface area contributed by atoms with Gasteiger partial charge in [-0.15, -0.1) is 0 Å². The number of anilines is 1. The summed E-state index contributed by atoms with van der Waals surface area (Å²) in [5.74, 6) is 0.692. The van der Waals surface area contributed by atoms with E-state index in [0.29, 0.717) is 5.92 Å². The summed E-state index contributed by atoms with van der Waals surface area (Å²) >= 11 is 0. The first-order valence-electron chi connectivity index (χ1n) is 7.10. The first-order valence-corrected chi connectivity index (χ1v) is 7.10. The zero-order chi connectivity index (χ0) is 13.2. The van der Waals surface area contributed by atoms with Gasteiger partial charge in [-0.2, -0.15) is 0 Å². The van der Waals surface area contributed by atoms with Crippen molar-refractivity contribution >= 4 is 5.69 Å². The maximum absolute atomic E-state index is 3.57. The monoisotopic (exact) mass is 246 g/mol. The molecule has 1 atom stereocenters. The van der Waals surface area contributed by atoms with Crippen LogP contribution in [-0.4, -0.2) is 25.2 Å². The topological polar surface area (TPSA) is 15.3 Å². The summed E-state index contributed by atoms with van der Waals surface area (Å²) in [5.41, 5.74) is 2.95. The zero-order valence-electron chi connectivity index (χ0n) is 12.2. The number of hydrogen-bond donors (Lipinski definition) is 1. The molecule has 2 heteroatoms. The van der Waals surface area contributed by atoms with Crippen molar-refractivity contribution < 1.29 is 0 Å². The molecule has 1 fully saturated rings. The summed E-state index contributed by atoms with van der Waals surface area (Å²) in [4.78, 5) is 2.55. The van der Waals surface area contributed by atoms with Gasteiger partial charge in [-0.05, 0) is 50.4 Å². The lowest BCUT2D eigenvalue weighted by Crippen LogP contribution is -2.49. The van der Waals surface area contributed by atoms with Gasteiger partial charge in [0.2, 0.25) is 0 Å². The molecule has 0 aliphatic carbocycles. The van der Waals surface area contributed by atoms with Gasteiger partial charge in [0.1, 0.15) is 0 Å². The number of benzene rings is 1. The second-order valence-corrected chi connectivity index (χ2v) is 6.18. The molecule has 1 unspecified atom stereocenters. The van der Waals surface area contributed by atoms with E-state index >= 15 is 0 Å². The van der Waals surface area contributed by atoms with Crippen molar-refractivity contribution in [3.8, 4) is 0 Å². The van der Waals surface area contributed by atoms with E-state index in [1.54, 1.807) is 0 Å². The van der Waals surface area contributed by atoms with Gasteiger partial charge in [0.15, 0.2) is 0 Å². The second-order valence-electron chi connectivity index (χ2n) is 6.18. The van der Waals surface area contributed by atoms with Gasteiger partial charge >= 0.3 is 0 Å². The fourth-order valence-corrected chi connectivity index (χ4v) is 2.71. The molecule has 1 aliphatic heterocycles. The number of hydrogen-bond acceptors (Lipinski definition) is 2. The van der Waals surface area contributed by atoms with Crippen LogP contribution in [0.3, 0.4) is 0 Å². The van der Waals surface area contributed by atoms with Gasteiger partial charge in [0.05, 0.1) is 0 Å². The Balaban J connectivity index is 2.26. The lowest BCUT2D eigenvalue weighted by atomic mass is 10.0. The molecule has 1 aromatic carbocycles. The number of nitrogens with zero attached hydrogens (tertiary/aromatic N) is 1. The first kappa shape index (κ1) is 13.4. The summed E-state index contributed by atoms with van der Waals surface area (Å²) in [7, 11) is 0. The highest BCUT2D eigenvalue weighted by Gasteiger charge is 2.30. The Morgan fingerprint density at radius 1 is 1.28 bits per heavy atom.